The molecule has 0 bridgehead atoms. The van der Waals surface area contributed by atoms with E-state index in [1.165, 1.54) is 12.1 Å². The lowest BCUT2D eigenvalue weighted by Crippen LogP contribution is -2.57. The molecule has 0 spiro atoms. The number of nitrogens with zero attached hydrogens (tertiary/aromatic N) is 2. The molecular weight excluding hydrogens is 433 g/mol. The molecule has 0 aromatic heterocycles. The van der Waals surface area contributed by atoms with E-state index >= 15 is 0 Å². The number of carbonyl (C=O) groups excluding carboxylic acids is 2. The minimum Gasteiger partial charge on any atom is -0.497 e. The van der Waals surface area contributed by atoms with Crippen molar-refractivity contribution < 1.29 is 27.5 Å². The van der Waals surface area contributed by atoms with Gasteiger partial charge in [-0.05, 0) is 67.1 Å². The second-order valence-electron chi connectivity index (χ2n) is 8.67. The van der Waals surface area contributed by atoms with Gasteiger partial charge < -0.3 is 14.5 Å². The lowest BCUT2D eigenvalue weighted by molar-refractivity contribution is -0.140. The van der Waals surface area contributed by atoms with E-state index in [0.29, 0.717) is 32.5 Å². The third-order valence-electron chi connectivity index (χ3n) is 6.67. The topological polar surface area (TPSA) is 49.9 Å². The number of halogens is 3. The zero-order valence-electron chi connectivity index (χ0n) is 18.5. The Bertz CT molecular complexity index is 1010. The van der Waals surface area contributed by atoms with Gasteiger partial charge in [0, 0.05) is 37.7 Å². The van der Waals surface area contributed by atoms with Crippen LogP contribution in [-0.2, 0) is 17.4 Å². The molecule has 33 heavy (non-hydrogen) atoms. The minimum absolute atomic E-state index is 0.0773. The van der Waals surface area contributed by atoms with Gasteiger partial charge in [0.2, 0.25) is 5.91 Å². The fraction of sp³-hybridized carbons (Fsp3) is 0.440. The highest BCUT2D eigenvalue weighted by molar-refractivity contribution is 5.94. The van der Waals surface area contributed by atoms with Crippen LogP contribution in [0.15, 0.2) is 48.5 Å². The zero-order valence-corrected chi connectivity index (χ0v) is 18.5. The Kier molecular flexibility index (Phi) is 6.63. The van der Waals surface area contributed by atoms with Crippen LogP contribution >= 0.6 is 0 Å². The summed E-state index contributed by atoms with van der Waals surface area (Å²) in [7, 11) is 1.62. The van der Waals surface area contributed by atoms with Gasteiger partial charge in [0.25, 0.3) is 5.91 Å². The molecule has 2 atom stereocenters. The van der Waals surface area contributed by atoms with E-state index in [9.17, 15) is 22.8 Å². The number of fused-ring (bicyclic) bond motifs is 1. The molecule has 2 fully saturated rings. The van der Waals surface area contributed by atoms with Crippen molar-refractivity contribution in [1.29, 1.82) is 0 Å². The number of benzene rings is 2. The SMILES string of the molecule is COc1cccc(CCN2C(=O)CC[C@H]3CN(C(=O)c4ccc(C(F)(F)F)cc4)CC[C@H]32)c1. The van der Waals surface area contributed by atoms with Crippen LogP contribution in [0, 0.1) is 5.92 Å². The number of piperidine rings is 2. The van der Waals surface area contributed by atoms with E-state index in [0.717, 1.165) is 36.3 Å². The number of rotatable bonds is 5. The quantitative estimate of drug-likeness (QED) is 0.664. The Morgan fingerprint density at radius 3 is 2.58 bits per heavy atom. The fourth-order valence-electron chi connectivity index (χ4n) is 4.89. The maximum absolute atomic E-state index is 12.9. The van der Waals surface area contributed by atoms with Gasteiger partial charge in [-0.25, -0.2) is 0 Å². The number of hydrogen-bond donors (Lipinski definition) is 0. The van der Waals surface area contributed by atoms with Crippen LogP contribution < -0.4 is 4.74 Å². The van der Waals surface area contributed by atoms with Gasteiger partial charge in [-0.15, -0.1) is 0 Å². The zero-order chi connectivity index (χ0) is 23.6. The molecule has 2 aromatic rings. The monoisotopic (exact) mass is 460 g/mol. The molecule has 0 unspecified atom stereocenters. The smallest absolute Gasteiger partial charge is 0.416 e. The standard InChI is InChI=1S/C25H27F3N2O3/c1-33-21-4-2-3-17(15-21)11-14-30-22-12-13-29(16-19(22)7-10-23(30)31)24(32)18-5-8-20(9-6-18)25(26,27)28/h2-6,8-9,15,19,22H,7,10-14,16H2,1H3/t19-,22+/m0/s1. The number of ether oxygens (including phenoxy) is 1. The molecule has 0 saturated carbocycles. The minimum atomic E-state index is -4.43. The number of amides is 2. The molecule has 176 valence electrons. The van der Waals surface area contributed by atoms with Crippen LogP contribution in [0.4, 0.5) is 13.2 Å². The van der Waals surface area contributed by atoms with Crippen LogP contribution in [0.2, 0.25) is 0 Å². The van der Waals surface area contributed by atoms with Crippen molar-refractivity contribution in [2.45, 2.75) is 37.9 Å². The van der Waals surface area contributed by atoms with Crippen molar-refractivity contribution >= 4 is 11.8 Å². The first kappa shape index (κ1) is 23.1. The van der Waals surface area contributed by atoms with Crippen molar-refractivity contribution in [3.63, 3.8) is 0 Å². The summed E-state index contributed by atoms with van der Waals surface area (Å²) in [6, 6.07) is 12.2. The predicted molar refractivity (Wildman–Crippen MR) is 117 cm³/mol. The number of carbonyl (C=O) groups is 2. The number of hydrogen-bond acceptors (Lipinski definition) is 3. The summed E-state index contributed by atoms with van der Waals surface area (Å²) < 4.78 is 43.7. The second-order valence-corrected chi connectivity index (χ2v) is 8.67. The Hall–Kier alpha value is -3.03. The van der Waals surface area contributed by atoms with E-state index in [1.807, 2.05) is 29.2 Å². The highest BCUT2D eigenvalue weighted by atomic mass is 19.4. The Labute approximate surface area is 191 Å². The van der Waals surface area contributed by atoms with Gasteiger partial charge >= 0.3 is 6.18 Å². The largest absolute Gasteiger partial charge is 0.497 e. The average molecular weight is 460 g/mol. The number of likely N-dealkylation sites (tertiary alicyclic amines) is 2. The summed E-state index contributed by atoms with van der Waals surface area (Å²) in [5, 5.41) is 0. The van der Waals surface area contributed by atoms with Crippen molar-refractivity contribution in [2.24, 2.45) is 5.92 Å². The highest BCUT2D eigenvalue weighted by Gasteiger charge is 2.40. The van der Waals surface area contributed by atoms with E-state index in [2.05, 4.69) is 0 Å². The van der Waals surface area contributed by atoms with E-state index < -0.39 is 11.7 Å². The van der Waals surface area contributed by atoms with Crippen LogP contribution in [0.25, 0.3) is 0 Å². The Morgan fingerprint density at radius 1 is 1.12 bits per heavy atom. The summed E-state index contributed by atoms with van der Waals surface area (Å²) in [5.74, 6) is 0.828. The van der Waals surface area contributed by atoms with Crippen LogP contribution in [0.1, 0.15) is 40.7 Å². The molecule has 0 aliphatic carbocycles. The molecule has 0 N–H and O–H groups in total. The van der Waals surface area contributed by atoms with Crippen LogP contribution in [0.5, 0.6) is 5.75 Å². The molecule has 2 aromatic carbocycles. The van der Waals surface area contributed by atoms with Crippen molar-refractivity contribution in [3.05, 3.63) is 65.2 Å². The van der Waals surface area contributed by atoms with Gasteiger partial charge in [-0.1, -0.05) is 12.1 Å². The molecule has 8 heteroatoms. The molecule has 5 nitrogen and oxygen atoms in total. The van der Waals surface area contributed by atoms with Crippen molar-refractivity contribution in [3.8, 4) is 5.75 Å². The van der Waals surface area contributed by atoms with Gasteiger partial charge in [-0.2, -0.15) is 13.2 Å². The lowest BCUT2D eigenvalue weighted by atomic mass is 9.83. The molecular formula is C25H27F3N2O3. The normalized spacial score (nSPS) is 21.0. The first-order chi connectivity index (χ1) is 15.8. The van der Waals surface area contributed by atoms with Crippen molar-refractivity contribution in [2.75, 3.05) is 26.7 Å². The third-order valence-corrected chi connectivity index (χ3v) is 6.67. The van der Waals surface area contributed by atoms with Crippen molar-refractivity contribution in [1.82, 2.24) is 9.80 Å². The first-order valence-corrected chi connectivity index (χ1v) is 11.1. The molecule has 4 rings (SSSR count). The molecule has 2 saturated heterocycles. The highest BCUT2D eigenvalue weighted by Crippen LogP contribution is 2.33. The lowest BCUT2D eigenvalue weighted by Gasteiger charge is -2.47. The predicted octanol–water partition coefficient (Wildman–Crippen LogP) is 4.41. The maximum Gasteiger partial charge on any atom is 0.416 e. The second kappa shape index (κ2) is 9.45. The Morgan fingerprint density at radius 2 is 1.88 bits per heavy atom. The summed E-state index contributed by atoms with van der Waals surface area (Å²) >= 11 is 0. The van der Waals surface area contributed by atoms with Gasteiger partial charge in [0.1, 0.15) is 5.75 Å². The van der Waals surface area contributed by atoms with Crippen LogP contribution in [-0.4, -0.2) is 54.4 Å². The van der Waals surface area contributed by atoms with E-state index in [4.69, 9.17) is 4.74 Å². The molecule has 2 amide bonds. The molecule has 2 aliphatic heterocycles. The van der Waals surface area contributed by atoms with Gasteiger partial charge in [0.15, 0.2) is 0 Å². The van der Waals surface area contributed by atoms with Gasteiger partial charge in [0.05, 0.1) is 12.7 Å². The summed E-state index contributed by atoms with van der Waals surface area (Å²) in [4.78, 5) is 29.2. The molecule has 0 radical (unpaired) electrons. The number of alkyl halides is 3. The van der Waals surface area contributed by atoms with Gasteiger partial charge in [-0.3, -0.25) is 9.59 Å². The van der Waals surface area contributed by atoms with E-state index in [-0.39, 0.29) is 29.3 Å². The van der Waals surface area contributed by atoms with Crippen LogP contribution in [0.3, 0.4) is 0 Å². The maximum atomic E-state index is 12.9. The molecule has 2 heterocycles. The third kappa shape index (κ3) is 5.15. The Balaban J connectivity index is 1.39. The summed E-state index contributed by atoms with van der Waals surface area (Å²) in [6.07, 6.45) is -1.87. The van der Waals surface area contributed by atoms with E-state index in [1.54, 1.807) is 12.0 Å². The summed E-state index contributed by atoms with van der Waals surface area (Å²) in [6.45, 7) is 1.59. The fourth-order valence-corrected chi connectivity index (χ4v) is 4.89. The number of methoxy groups -OCH3 is 1. The summed E-state index contributed by atoms with van der Waals surface area (Å²) in [5.41, 5.74) is 0.581. The average Bonchev–Trinajstić information content (AvgIpc) is 2.82. The first-order valence-electron chi connectivity index (χ1n) is 11.1. The molecule has 2 aliphatic rings.